The molecule has 2 aromatic heterocycles. The molecule has 0 saturated heterocycles. The molecule has 0 saturated carbocycles. The lowest BCUT2D eigenvalue weighted by Crippen LogP contribution is -2.17. The minimum Gasteiger partial charge on any atom is -0.453 e. The first-order valence-corrected chi connectivity index (χ1v) is 8.56. The number of aryl methyl sites for hydroxylation is 2. The van der Waals surface area contributed by atoms with Crippen LogP contribution in [0.3, 0.4) is 0 Å². The van der Waals surface area contributed by atoms with E-state index in [1.54, 1.807) is 6.07 Å². The Bertz CT molecular complexity index is 1110. The van der Waals surface area contributed by atoms with Crippen LogP contribution in [0.15, 0.2) is 46.9 Å². The van der Waals surface area contributed by atoms with E-state index < -0.39 is 12.1 Å². The molecular formula is C18H12ClF3N4O2. The fourth-order valence-electron chi connectivity index (χ4n) is 2.80. The highest BCUT2D eigenvalue weighted by Gasteiger charge is 2.32. The van der Waals surface area contributed by atoms with Crippen LogP contribution in [0.2, 0.25) is 5.02 Å². The number of nitrogens with zero attached hydrogens (tertiary/aromatic N) is 3. The summed E-state index contributed by atoms with van der Waals surface area (Å²) in [6.45, 7) is 0. The summed E-state index contributed by atoms with van der Waals surface area (Å²) in [7, 11) is 0. The summed E-state index contributed by atoms with van der Waals surface area (Å²) < 4.78 is 46.6. The quantitative estimate of drug-likeness (QED) is 0.505. The number of halogens is 4. The summed E-state index contributed by atoms with van der Waals surface area (Å²) in [5, 5.41) is 14.5. The van der Waals surface area contributed by atoms with E-state index in [4.69, 9.17) is 16.0 Å². The van der Waals surface area contributed by atoms with E-state index >= 15 is 0 Å². The van der Waals surface area contributed by atoms with Crippen molar-refractivity contribution in [2.45, 2.75) is 19.2 Å². The minimum atomic E-state index is -4.77. The lowest BCUT2D eigenvalue weighted by molar-refractivity contribution is -0.274. The fourth-order valence-corrected chi connectivity index (χ4v) is 3.05. The molecule has 0 aliphatic heterocycles. The molecule has 2 heterocycles. The molecule has 0 radical (unpaired) electrons. The molecule has 6 nitrogen and oxygen atoms in total. The van der Waals surface area contributed by atoms with Crippen LogP contribution in [0.5, 0.6) is 5.75 Å². The number of alkyl halides is 3. The smallest absolute Gasteiger partial charge is 0.453 e. The van der Waals surface area contributed by atoms with Crippen molar-refractivity contribution in [1.82, 2.24) is 20.6 Å². The van der Waals surface area contributed by atoms with Gasteiger partial charge in [-0.15, -0.1) is 23.4 Å². The van der Waals surface area contributed by atoms with Crippen LogP contribution in [0.4, 0.5) is 13.2 Å². The van der Waals surface area contributed by atoms with Crippen molar-refractivity contribution in [2.24, 2.45) is 0 Å². The Kier molecular flexibility index (Phi) is 4.68. The van der Waals surface area contributed by atoms with Gasteiger partial charge in [-0.3, -0.25) is 0 Å². The Morgan fingerprint density at radius 3 is 2.46 bits per heavy atom. The first kappa shape index (κ1) is 18.3. The van der Waals surface area contributed by atoms with Gasteiger partial charge in [0.15, 0.2) is 5.76 Å². The average Bonchev–Trinajstić information content (AvgIpc) is 3.29. The van der Waals surface area contributed by atoms with Crippen molar-refractivity contribution < 1.29 is 22.3 Å². The lowest BCUT2D eigenvalue weighted by atomic mass is 10.0. The molecule has 28 heavy (non-hydrogen) atoms. The average molecular weight is 409 g/mol. The number of aromatic amines is 1. The van der Waals surface area contributed by atoms with Crippen molar-refractivity contribution in [2.75, 3.05) is 0 Å². The number of hydrogen-bond acceptors (Lipinski definition) is 5. The van der Waals surface area contributed by atoms with Crippen molar-refractivity contribution in [3.63, 3.8) is 0 Å². The summed E-state index contributed by atoms with van der Waals surface area (Å²) >= 11 is 5.89. The van der Waals surface area contributed by atoms with E-state index in [0.29, 0.717) is 30.0 Å². The van der Waals surface area contributed by atoms with Crippen molar-refractivity contribution in [3.05, 3.63) is 58.6 Å². The van der Waals surface area contributed by atoms with Crippen molar-refractivity contribution in [3.8, 4) is 17.3 Å². The third-order valence-electron chi connectivity index (χ3n) is 4.07. The predicted molar refractivity (Wildman–Crippen MR) is 94.9 cm³/mol. The minimum absolute atomic E-state index is 0.0823. The van der Waals surface area contributed by atoms with Gasteiger partial charge in [-0.05, 0) is 53.4 Å². The topological polar surface area (TPSA) is 76.8 Å². The third kappa shape index (κ3) is 4.09. The number of H-pyrrole nitrogens is 1. The summed E-state index contributed by atoms with van der Waals surface area (Å²) in [6, 6.07) is 11.9. The van der Waals surface area contributed by atoms with Crippen LogP contribution < -0.4 is 4.74 Å². The molecule has 1 N–H and O–H groups in total. The second-order valence-corrected chi connectivity index (χ2v) is 6.44. The van der Waals surface area contributed by atoms with Crippen LogP contribution in [0, 0.1) is 0 Å². The standard InChI is InChI=1S/C18H12ClF3N4O2/c19-13-7-10(4-6-14(13)28-18(20,21)22)1-2-11-3-5-12-9-16(27-15(12)8-11)17-23-25-26-24-17/h3-9H,1-2H2,(H,23,24,25,26). The molecule has 2 aromatic carbocycles. The SMILES string of the molecule is FC(F)(F)Oc1ccc(CCc2ccc3cc(-c4nn[nH]n4)oc3c2)cc1Cl. The normalized spacial score (nSPS) is 11.9. The predicted octanol–water partition coefficient (Wildman–Crippen LogP) is 4.95. The molecule has 10 heteroatoms. The molecule has 144 valence electrons. The van der Waals surface area contributed by atoms with Crippen LogP contribution in [-0.2, 0) is 12.8 Å². The van der Waals surface area contributed by atoms with E-state index in [9.17, 15) is 13.2 Å². The molecule has 4 aromatic rings. The monoisotopic (exact) mass is 408 g/mol. The first-order valence-electron chi connectivity index (χ1n) is 8.18. The molecule has 4 rings (SSSR count). The van der Waals surface area contributed by atoms with E-state index in [2.05, 4.69) is 25.4 Å². The number of ether oxygens (including phenoxy) is 1. The molecule has 0 bridgehead atoms. The third-order valence-corrected chi connectivity index (χ3v) is 4.37. The Balaban J connectivity index is 1.47. The number of tetrazole rings is 1. The number of benzene rings is 2. The fraction of sp³-hybridized carbons (Fsp3) is 0.167. The van der Waals surface area contributed by atoms with Crippen LogP contribution in [0.1, 0.15) is 11.1 Å². The maximum atomic E-state index is 12.3. The van der Waals surface area contributed by atoms with Gasteiger partial charge in [-0.1, -0.05) is 29.8 Å². The summed E-state index contributed by atoms with van der Waals surface area (Å²) in [4.78, 5) is 0. The molecule has 0 unspecified atom stereocenters. The molecular weight excluding hydrogens is 397 g/mol. The zero-order valence-corrected chi connectivity index (χ0v) is 14.9. The van der Waals surface area contributed by atoms with Crippen LogP contribution in [0.25, 0.3) is 22.6 Å². The van der Waals surface area contributed by atoms with Crippen LogP contribution >= 0.6 is 11.6 Å². The second-order valence-electron chi connectivity index (χ2n) is 6.03. The molecule has 0 atom stereocenters. The number of aromatic nitrogens is 4. The van der Waals surface area contributed by atoms with E-state index in [1.165, 1.54) is 12.1 Å². The summed E-state index contributed by atoms with van der Waals surface area (Å²) in [5.41, 5.74) is 2.49. The summed E-state index contributed by atoms with van der Waals surface area (Å²) in [5.74, 6) is 0.463. The van der Waals surface area contributed by atoms with Crippen LogP contribution in [-0.4, -0.2) is 27.0 Å². The Morgan fingerprint density at radius 2 is 1.79 bits per heavy atom. The zero-order valence-electron chi connectivity index (χ0n) is 14.1. The molecule has 0 fully saturated rings. The number of furan rings is 1. The maximum absolute atomic E-state index is 12.3. The van der Waals surface area contributed by atoms with E-state index in [-0.39, 0.29) is 5.02 Å². The van der Waals surface area contributed by atoms with Gasteiger partial charge < -0.3 is 9.15 Å². The van der Waals surface area contributed by atoms with Gasteiger partial charge >= 0.3 is 6.36 Å². The molecule has 0 amide bonds. The van der Waals surface area contributed by atoms with Gasteiger partial charge in [0.25, 0.3) is 0 Å². The molecule has 0 spiro atoms. The largest absolute Gasteiger partial charge is 0.573 e. The Morgan fingerprint density at radius 1 is 1.04 bits per heavy atom. The van der Waals surface area contributed by atoms with E-state index in [1.807, 2.05) is 24.3 Å². The van der Waals surface area contributed by atoms with E-state index in [0.717, 1.165) is 16.5 Å². The Hall–Kier alpha value is -3.07. The molecule has 0 aliphatic carbocycles. The van der Waals surface area contributed by atoms with Gasteiger partial charge in [0.2, 0.25) is 5.82 Å². The number of rotatable bonds is 5. The second kappa shape index (κ2) is 7.16. The summed E-state index contributed by atoms with van der Waals surface area (Å²) in [6.07, 6.45) is -3.52. The highest BCUT2D eigenvalue weighted by Crippen LogP contribution is 2.31. The zero-order chi connectivity index (χ0) is 19.7. The highest BCUT2D eigenvalue weighted by atomic mass is 35.5. The van der Waals surface area contributed by atoms with Gasteiger partial charge in [0.1, 0.15) is 11.3 Å². The van der Waals surface area contributed by atoms with Crippen molar-refractivity contribution in [1.29, 1.82) is 0 Å². The number of fused-ring (bicyclic) bond motifs is 1. The maximum Gasteiger partial charge on any atom is 0.573 e. The van der Waals surface area contributed by atoms with Gasteiger partial charge in [-0.25, -0.2) is 0 Å². The molecule has 0 aliphatic rings. The highest BCUT2D eigenvalue weighted by molar-refractivity contribution is 6.32. The lowest BCUT2D eigenvalue weighted by Gasteiger charge is -2.11. The first-order chi connectivity index (χ1) is 13.4. The Labute approximate surface area is 161 Å². The van der Waals surface area contributed by atoms with Gasteiger partial charge in [0, 0.05) is 5.39 Å². The number of nitrogens with one attached hydrogen (secondary N) is 1. The van der Waals surface area contributed by atoms with Gasteiger partial charge in [-0.2, -0.15) is 5.21 Å². The number of hydrogen-bond donors (Lipinski definition) is 1. The van der Waals surface area contributed by atoms with Gasteiger partial charge in [0.05, 0.1) is 5.02 Å². The van der Waals surface area contributed by atoms with Crippen molar-refractivity contribution >= 4 is 22.6 Å².